The maximum Gasteiger partial charge on any atom is 0.251 e. The standard InChI is InChI=1S/C11H13N5O2/c12-8-1-2-11(18)16(6-8)7-10(17)13-5-9-3-4-14-15-9/h1-4,6H,5,7,12H2,(H,13,17)(H,14,15). The summed E-state index contributed by atoms with van der Waals surface area (Å²) in [6, 6.07) is 4.59. The maximum atomic E-state index is 11.6. The number of anilines is 1. The topological polar surface area (TPSA) is 106 Å². The molecule has 2 heterocycles. The fourth-order valence-corrected chi connectivity index (χ4v) is 1.46. The number of nitrogens with one attached hydrogen (secondary N) is 2. The van der Waals surface area contributed by atoms with Gasteiger partial charge in [0.25, 0.3) is 5.56 Å². The number of amides is 1. The van der Waals surface area contributed by atoms with Crippen molar-refractivity contribution in [1.29, 1.82) is 0 Å². The largest absolute Gasteiger partial charge is 0.398 e. The predicted molar refractivity (Wildman–Crippen MR) is 65.5 cm³/mol. The van der Waals surface area contributed by atoms with Crippen LogP contribution in [0.5, 0.6) is 0 Å². The van der Waals surface area contributed by atoms with Crippen molar-refractivity contribution in [2.75, 3.05) is 5.73 Å². The van der Waals surface area contributed by atoms with Gasteiger partial charge in [-0.2, -0.15) is 5.10 Å². The molecule has 0 bridgehead atoms. The van der Waals surface area contributed by atoms with E-state index >= 15 is 0 Å². The number of nitrogen functional groups attached to an aromatic ring is 1. The number of pyridine rings is 1. The fourth-order valence-electron chi connectivity index (χ4n) is 1.46. The number of hydrogen-bond acceptors (Lipinski definition) is 4. The highest BCUT2D eigenvalue weighted by molar-refractivity contribution is 5.75. The highest BCUT2D eigenvalue weighted by Gasteiger charge is 2.04. The minimum atomic E-state index is -0.266. The minimum absolute atomic E-state index is 0.0575. The SMILES string of the molecule is Nc1ccc(=O)n(CC(=O)NCc2ccn[nH]2)c1. The molecule has 0 aliphatic heterocycles. The summed E-state index contributed by atoms with van der Waals surface area (Å²) in [4.78, 5) is 23.1. The predicted octanol–water partition coefficient (Wildman–Crippen LogP) is -0.530. The number of hydrogen-bond donors (Lipinski definition) is 3. The molecule has 0 aliphatic carbocycles. The average molecular weight is 247 g/mol. The fraction of sp³-hybridized carbons (Fsp3) is 0.182. The van der Waals surface area contributed by atoms with Gasteiger partial charge in [0.1, 0.15) is 6.54 Å². The van der Waals surface area contributed by atoms with Gasteiger partial charge in [0.2, 0.25) is 5.91 Å². The molecule has 0 spiro atoms. The summed E-state index contributed by atoms with van der Waals surface area (Å²) in [7, 11) is 0. The Morgan fingerprint density at radius 1 is 1.44 bits per heavy atom. The zero-order chi connectivity index (χ0) is 13.0. The van der Waals surface area contributed by atoms with Crippen molar-refractivity contribution in [3.05, 3.63) is 46.6 Å². The smallest absolute Gasteiger partial charge is 0.251 e. The van der Waals surface area contributed by atoms with Gasteiger partial charge in [-0.1, -0.05) is 0 Å². The third-order valence-corrected chi connectivity index (χ3v) is 2.35. The Morgan fingerprint density at radius 3 is 3.00 bits per heavy atom. The molecule has 4 N–H and O–H groups in total. The van der Waals surface area contributed by atoms with Crippen LogP contribution in [0.4, 0.5) is 5.69 Å². The van der Waals surface area contributed by atoms with Gasteiger partial charge in [0.15, 0.2) is 0 Å². The van der Waals surface area contributed by atoms with Crippen molar-refractivity contribution in [3.63, 3.8) is 0 Å². The van der Waals surface area contributed by atoms with E-state index in [1.807, 2.05) is 0 Å². The van der Waals surface area contributed by atoms with E-state index in [4.69, 9.17) is 5.73 Å². The molecule has 18 heavy (non-hydrogen) atoms. The Morgan fingerprint density at radius 2 is 2.28 bits per heavy atom. The molecule has 1 amide bonds. The third kappa shape index (κ3) is 2.97. The summed E-state index contributed by atoms with van der Waals surface area (Å²) < 4.78 is 1.26. The first-order valence-electron chi connectivity index (χ1n) is 5.36. The number of nitrogens with zero attached hydrogens (tertiary/aromatic N) is 2. The van der Waals surface area contributed by atoms with Gasteiger partial charge in [-0.05, 0) is 12.1 Å². The van der Waals surface area contributed by atoms with Crippen molar-refractivity contribution >= 4 is 11.6 Å². The molecule has 2 aromatic rings. The molecule has 2 aromatic heterocycles. The highest BCUT2D eigenvalue weighted by Crippen LogP contribution is 1.96. The molecular weight excluding hydrogens is 234 g/mol. The molecule has 94 valence electrons. The first-order chi connectivity index (χ1) is 8.65. The number of carbonyl (C=O) groups is 1. The second-order valence-corrected chi connectivity index (χ2v) is 3.79. The van der Waals surface area contributed by atoms with Crippen LogP contribution in [0.15, 0.2) is 35.4 Å². The van der Waals surface area contributed by atoms with Crippen molar-refractivity contribution in [3.8, 4) is 0 Å². The average Bonchev–Trinajstić information content (AvgIpc) is 2.84. The van der Waals surface area contributed by atoms with E-state index < -0.39 is 0 Å². The normalized spacial score (nSPS) is 10.2. The molecule has 0 unspecified atom stereocenters. The molecule has 2 rings (SSSR count). The van der Waals surface area contributed by atoms with E-state index in [0.717, 1.165) is 5.69 Å². The molecule has 0 fully saturated rings. The third-order valence-electron chi connectivity index (χ3n) is 2.35. The van der Waals surface area contributed by atoms with Gasteiger partial charge in [0.05, 0.1) is 12.2 Å². The van der Waals surface area contributed by atoms with Crippen molar-refractivity contribution < 1.29 is 4.79 Å². The number of nitrogens with two attached hydrogens (primary N) is 1. The van der Waals surface area contributed by atoms with E-state index in [9.17, 15) is 9.59 Å². The van der Waals surface area contributed by atoms with Crippen molar-refractivity contribution in [2.24, 2.45) is 0 Å². The zero-order valence-corrected chi connectivity index (χ0v) is 9.59. The second kappa shape index (κ2) is 5.17. The lowest BCUT2D eigenvalue weighted by atomic mass is 10.4. The van der Waals surface area contributed by atoms with Crippen LogP contribution >= 0.6 is 0 Å². The van der Waals surface area contributed by atoms with Gasteiger partial charge >= 0.3 is 0 Å². The molecule has 0 saturated carbocycles. The molecule has 7 nitrogen and oxygen atoms in total. The lowest BCUT2D eigenvalue weighted by molar-refractivity contribution is -0.121. The van der Waals surface area contributed by atoms with Crippen LogP contribution in [-0.2, 0) is 17.9 Å². The van der Waals surface area contributed by atoms with E-state index in [2.05, 4.69) is 15.5 Å². The number of aromatic amines is 1. The second-order valence-electron chi connectivity index (χ2n) is 3.79. The monoisotopic (exact) mass is 247 g/mol. The van der Waals surface area contributed by atoms with E-state index in [1.165, 1.54) is 22.9 Å². The van der Waals surface area contributed by atoms with Crippen molar-refractivity contribution in [2.45, 2.75) is 13.1 Å². The van der Waals surface area contributed by atoms with Crippen LogP contribution in [0.3, 0.4) is 0 Å². The number of carbonyl (C=O) groups excluding carboxylic acids is 1. The lowest BCUT2D eigenvalue weighted by Crippen LogP contribution is -2.31. The summed E-state index contributed by atoms with van der Waals surface area (Å²) in [5, 5.41) is 9.15. The number of aromatic nitrogens is 3. The summed E-state index contributed by atoms with van der Waals surface area (Å²) in [5.41, 5.74) is 6.52. The Hall–Kier alpha value is -2.57. The van der Waals surface area contributed by atoms with Gasteiger partial charge in [-0.25, -0.2) is 0 Å². The first kappa shape index (κ1) is 11.9. The molecule has 0 atom stereocenters. The summed E-state index contributed by atoms with van der Waals surface area (Å²) in [6.07, 6.45) is 3.04. The number of H-pyrrole nitrogens is 1. The van der Waals surface area contributed by atoms with Crippen LogP contribution in [-0.4, -0.2) is 20.7 Å². The van der Waals surface area contributed by atoms with E-state index in [1.54, 1.807) is 12.3 Å². The van der Waals surface area contributed by atoms with Crippen LogP contribution in [0.1, 0.15) is 5.69 Å². The molecule has 0 saturated heterocycles. The van der Waals surface area contributed by atoms with E-state index in [-0.39, 0.29) is 18.0 Å². The quantitative estimate of drug-likeness (QED) is 0.675. The summed E-state index contributed by atoms with van der Waals surface area (Å²) in [5.74, 6) is -0.266. The van der Waals surface area contributed by atoms with Gasteiger partial charge in [-0.3, -0.25) is 14.7 Å². The van der Waals surface area contributed by atoms with Crippen LogP contribution in [0, 0.1) is 0 Å². The maximum absolute atomic E-state index is 11.6. The highest BCUT2D eigenvalue weighted by atomic mass is 16.2. The molecule has 0 aliphatic rings. The minimum Gasteiger partial charge on any atom is -0.398 e. The van der Waals surface area contributed by atoms with E-state index in [0.29, 0.717) is 12.2 Å². The van der Waals surface area contributed by atoms with Gasteiger partial charge in [-0.15, -0.1) is 0 Å². The zero-order valence-electron chi connectivity index (χ0n) is 9.59. The Labute approximate surface area is 103 Å². The van der Waals surface area contributed by atoms with Crippen LogP contribution in [0.25, 0.3) is 0 Å². The molecular formula is C11H13N5O2. The van der Waals surface area contributed by atoms with Gasteiger partial charge < -0.3 is 15.6 Å². The Kier molecular flexibility index (Phi) is 3.42. The van der Waals surface area contributed by atoms with Crippen LogP contribution in [0.2, 0.25) is 0 Å². The Bertz CT molecular complexity index is 588. The van der Waals surface area contributed by atoms with Crippen LogP contribution < -0.4 is 16.6 Å². The lowest BCUT2D eigenvalue weighted by Gasteiger charge is -2.06. The summed E-state index contributed by atoms with van der Waals surface area (Å²) >= 11 is 0. The summed E-state index contributed by atoms with van der Waals surface area (Å²) in [6.45, 7) is 0.286. The first-order valence-corrected chi connectivity index (χ1v) is 5.36. The molecule has 7 heteroatoms. The van der Waals surface area contributed by atoms with Crippen molar-refractivity contribution in [1.82, 2.24) is 20.1 Å². The van der Waals surface area contributed by atoms with Gasteiger partial charge in [0, 0.05) is 24.1 Å². The Balaban J connectivity index is 1.95. The number of rotatable bonds is 4. The molecule has 0 radical (unpaired) electrons. The molecule has 0 aromatic carbocycles.